The Hall–Kier alpha value is -1.45. The second kappa shape index (κ2) is 5.94. The Bertz CT molecular complexity index is 546. The van der Waals surface area contributed by atoms with E-state index in [2.05, 4.69) is 10.3 Å². The van der Waals surface area contributed by atoms with Crippen LogP contribution in [0.3, 0.4) is 0 Å². The number of anilines is 1. The van der Waals surface area contributed by atoms with Crippen LogP contribution < -0.4 is 10.1 Å². The average molecular weight is 283 g/mol. The van der Waals surface area contributed by atoms with Crippen LogP contribution >= 0.6 is 23.2 Å². The molecule has 0 spiro atoms. The molecule has 3 nitrogen and oxygen atoms in total. The highest BCUT2D eigenvalue weighted by atomic mass is 35.5. The maximum atomic E-state index is 6.06. The highest BCUT2D eigenvalue weighted by Crippen LogP contribution is 2.25. The van der Waals surface area contributed by atoms with Gasteiger partial charge in [0.25, 0.3) is 0 Å². The molecule has 0 saturated heterocycles. The van der Waals surface area contributed by atoms with Crippen LogP contribution in [0.1, 0.15) is 5.69 Å². The van der Waals surface area contributed by atoms with Crippen LogP contribution in [0.25, 0.3) is 0 Å². The van der Waals surface area contributed by atoms with Crippen molar-refractivity contribution in [3.8, 4) is 5.88 Å². The number of benzene rings is 1. The molecule has 0 unspecified atom stereocenters. The van der Waals surface area contributed by atoms with Crippen LogP contribution in [-0.4, -0.2) is 12.1 Å². The van der Waals surface area contributed by atoms with E-state index in [9.17, 15) is 0 Å². The Kier molecular flexibility index (Phi) is 4.28. The SMILES string of the molecule is COc1cccc(CNc2ccc(Cl)cc2Cl)n1. The number of rotatable bonds is 4. The van der Waals surface area contributed by atoms with E-state index >= 15 is 0 Å². The molecule has 1 aromatic heterocycles. The summed E-state index contributed by atoms with van der Waals surface area (Å²) in [5, 5.41) is 4.40. The van der Waals surface area contributed by atoms with E-state index in [0.29, 0.717) is 22.5 Å². The van der Waals surface area contributed by atoms with Gasteiger partial charge in [0, 0.05) is 11.1 Å². The Morgan fingerprint density at radius 3 is 2.78 bits per heavy atom. The molecule has 18 heavy (non-hydrogen) atoms. The van der Waals surface area contributed by atoms with Crippen molar-refractivity contribution < 1.29 is 4.74 Å². The Morgan fingerprint density at radius 2 is 2.06 bits per heavy atom. The predicted molar refractivity (Wildman–Crippen MR) is 74.6 cm³/mol. The minimum Gasteiger partial charge on any atom is -0.481 e. The van der Waals surface area contributed by atoms with Gasteiger partial charge < -0.3 is 10.1 Å². The van der Waals surface area contributed by atoms with Gasteiger partial charge in [-0.25, -0.2) is 4.98 Å². The number of aromatic nitrogens is 1. The summed E-state index contributed by atoms with van der Waals surface area (Å²) in [4.78, 5) is 4.30. The lowest BCUT2D eigenvalue weighted by molar-refractivity contribution is 0.396. The first-order chi connectivity index (χ1) is 8.69. The topological polar surface area (TPSA) is 34.1 Å². The average Bonchev–Trinajstić information content (AvgIpc) is 2.38. The van der Waals surface area contributed by atoms with E-state index in [1.54, 1.807) is 25.3 Å². The zero-order valence-corrected chi connectivity index (χ0v) is 11.3. The largest absolute Gasteiger partial charge is 0.481 e. The van der Waals surface area contributed by atoms with E-state index in [-0.39, 0.29) is 0 Å². The molecule has 1 aromatic carbocycles. The molecular weight excluding hydrogens is 271 g/mol. The fourth-order valence-corrected chi connectivity index (χ4v) is 1.96. The number of nitrogens with zero attached hydrogens (tertiary/aromatic N) is 1. The summed E-state index contributed by atoms with van der Waals surface area (Å²) in [6.45, 7) is 0.568. The molecule has 0 amide bonds. The quantitative estimate of drug-likeness (QED) is 0.920. The summed E-state index contributed by atoms with van der Waals surface area (Å²) in [6.07, 6.45) is 0. The van der Waals surface area contributed by atoms with E-state index in [1.165, 1.54) is 0 Å². The molecule has 0 atom stereocenters. The normalized spacial score (nSPS) is 10.2. The smallest absolute Gasteiger partial charge is 0.213 e. The Balaban J connectivity index is 2.06. The van der Waals surface area contributed by atoms with Crippen LogP contribution in [0.5, 0.6) is 5.88 Å². The zero-order chi connectivity index (χ0) is 13.0. The summed E-state index contributed by atoms with van der Waals surface area (Å²) in [5.74, 6) is 0.594. The van der Waals surface area contributed by atoms with Gasteiger partial charge in [-0.15, -0.1) is 0 Å². The Labute approximate surface area is 116 Å². The van der Waals surface area contributed by atoms with E-state index < -0.39 is 0 Å². The minimum atomic E-state index is 0.568. The fourth-order valence-electron chi connectivity index (χ4n) is 1.49. The molecule has 0 radical (unpaired) electrons. The third kappa shape index (κ3) is 3.28. The molecule has 0 fully saturated rings. The van der Waals surface area contributed by atoms with Gasteiger partial charge in [0.15, 0.2) is 0 Å². The molecule has 2 aromatic rings. The van der Waals surface area contributed by atoms with Gasteiger partial charge in [-0.1, -0.05) is 29.3 Å². The highest BCUT2D eigenvalue weighted by molar-refractivity contribution is 6.36. The first-order valence-electron chi connectivity index (χ1n) is 5.38. The standard InChI is InChI=1S/C13H12Cl2N2O/c1-18-13-4-2-3-10(17-13)8-16-12-6-5-9(14)7-11(12)15/h2-7,16H,8H2,1H3. The summed E-state index contributed by atoms with van der Waals surface area (Å²) in [5.41, 5.74) is 1.70. The molecule has 0 bridgehead atoms. The molecule has 0 saturated carbocycles. The van der Waals surface area contributed by atoms with Crippen LogP contribution in [0.4, 0.5) is 5.69 Å². The second-order valence-electron chi connectivity index (χ2n) is 3.65. The summed E-state index contributed by atoms with van der Waals surface area (Å²) < 4.78 is 5.06. The van der Waals surface area contributed by atoms with Crippen LogP contribution in [-0.2, 0) is 6.54 Å². The number of nitrogens with one attached hydrogen (secondary N) is 1. The fraction of sp³-hybridized carbons (Fsp3) is 0.154. The maximum absolute atomic E-state index is 6.06. The summed E-state index contributed by atoms with van der Waals surface area (Å²) >= 11 is 11.9. The van der Waals surface area contributed by atoms with Crippen molar-refractivity contribution >= 4 is 28.9 Å². The predicted octanol–water partition coefficient (Wildman–Crippen LogP) is 4.01. The van der Waals surface area contributed by atoms with Gasteiger partial charge in [0.1, 0.15) is 0 Å². The second-order valence-corrected chi connectivity index (χ2v) is 4.49. The molecule has 1 heterocycles. The lowest BCUT2D eigenvalue weighted by Gasteiger charge is -2.09. The molecule has 0 aliphatic heterocycles. The van der Waals surface area contributed by atoms with Gasteiger partial charge in [-0.2, -0.15) is 0 Å². The van der Waals surface area contributed by atoms with Crippen molar-refractivity contribution in [2.45, 2.75) is 6.54 Å². The van der Waals surface area contributed by atoms with Crippen LogP contribution in [0.15, 0.2) is 36.4 Å². The first-order valence-corrected chi connectivity index (χ1v) is 6.13. The van der Waals surface area contributed by atoms with Crippen LogP contribution in [0.2, 0.25) is 10.0 Å². The highest BCUT2D eigenvalue weighted by Gasteiger charge is 2.02. The van der Waals surface area contributed by atoms with Gasteiger partial charge in [-0.05, 0) is 24.3 Å². The lowest BCUT2D eigenvalue weighted by Crippen LogP contribution is -2.02. The lowest BCUT2D eigenvalue weighted by atomic mass is 10.3. The van der Waals surface area contributed by atoms with Crippen LogP contribution in [0, 0.1) is 0 Å². The van der Waals surface area contributed by atoms with Crippen molar-refractivity contribution in [1.82, 2.24) is 4.98 Å². The molecule has 1 N–H and O–H groups in total. The van der Waals surface area contributed by atoms with Crippen molar-refractivity contribution in [2.24, 2.45) is 0 Å². The number of hydrogen-bond acceptors (Lipinski definition) is 3. The van der Waals surface area contributed by atoms with Crippen molar-refractivity contribution in [3.05, 3.63) is 52.1 Å². The first kappa shape index (κ1) is 13.0. The molecule has 0 aliphatic carbocycles. The summed E-state index contributed by atoms with van der Waals surface area (Å²) in [7, 11) is 1.59. The van der Waals surface area contributed by atoms with Gasteiger partial charge in [-0.3, -0.25) is 0 Å². The number of pyridine rings is 1. The molecule has 0 aliphatic rings. The van der Waals surface area contributed by atoms with Crippen molar-refractivity contribution in [2.75, 3.05) is 12.4 Å². The number of halogens is 2. The molecular formula is C13H12Cl2N2O. The number of methoxy groups -OCH3 is 1. The monoisotopic (exact) mass is 282 g/mol. The third-order valence-electron chi connectivity index (χ3n) is 2.38. The zero-order valence-electron chi connectivity index (χ0n) is 9.78. The Morgan fingerprint density at radius 1 is 1.22 bits per heavy atom. The maximum Gasteiger partial charge on any atom is 0.213 e. The molecule has 2 rings (SSSR count). The molecule has 94 valence electrons. The van der Waals surface area contributed by atoms with Crippen molar-refractivity contribution in [3.63, 3.8) is 0 Å². The number of ether oxygens (including phenoxy) is 1. The van der Waals surface area contributed by atoms with Gasteiger partial charge in [0.2, 0.25) is 5.88 Å². The van der Waals surface area contributed by atoms with E-state index in [0.717, 1.165) is 11.4 Å². The van der Waals surface area contributed by atoms with E-state index in [4.69, 9.17) is 27.9 Å². The van der Waals surface area contributed by atoms with Gasteiger partial charge >= 0.3 is 0 Å². The minimum absolute atomic E-state index is 0.568. The van der Waals surface area contributed by atoms with Gasteiger partial charge in [0.05, 0.1) is 30.1 Å². The van der Waals surface area contributed by atoms with Crippen molar-refractivity contribution in [1.29, 1.82) is 0 Å². The summed E-state index contributed by atoms with van der Waals surface area (Å²) in [6, 6.07) is 10.9. The number of hydrogen-bond donors (Lipinski definition) is 1. The molecule has 5 heteroatoms. The third-order valence-corrected chi connectivity index (χ3v) is 2.93. The van der Waals surface area contributed by atoms with E-state index in [1.807, 2.05) is 18.2 Å².